The van der Waals surface area contributed by atoms with Crippen LogP contribution in [0, 0.1) is 0 Å². The molecule has 6 heteroatoms. The average Bonchev–Trinajstić information content (AvgIpc) is 2.28. The van der Waals surface area contributed by atoms with Crippen LogP contribution in [0.2, 0.25) is 0 Å². The molecule has 0 aliphatic heterocycles. The maximum absolute atomic E-state index is 8.14. The van der Waals surface area contributed by atoms with E-state index < -0.39 is 9.53 Å². The normalized spacial score (nSPS) is 10.1. The number of rotatable bonds is 9. The molecule has 0 saturated carbocycles. The zero-order valence-corrected chi connectivity index (χ0v) is 12.5. The number of aliphatic hydroxyl groups excluding tert-OH is 1. The zero-order valence-electron chi connectivity index (χ0n) is 10.6. The molecule has 0 saturated heterocycles. The van der Waals surface area contributed by atoms with Crippen LogP contribution < -0.4 is 0 Å². The predicted octanol–water partition coefficient (Wildman–Crippen LogP) is 1.81. The molecule has 4 nitrogen and oxygen atoms in total. The molecule has 0 rings (SSSR count). The first-order chi connectivity index (χ1) is 7.76. The van der Waals surface area contributed by atoms with Crippen molar-refractivity contribution in [3.8, 4) is 0 Å². The highest BCUT2D eigenvalue weighted by molar-refractivity contribution is 6.36. The molecule has 0 bridgehead atoms. The van der Waals surface area contributed by atoms with Crippen molar-refractivity contribution in [2.75, 3.05) is 32.3 Å². The van der Waals surface area contributed by atoms with Gasteiger partial charge in [-0.15, -0.1) is 11.6 Å². The minimum Gasteiger partial charge on any atom is -0.396 e. The maximum Gasteiger partial charge on any atom is 0.484 e. The molecule has 0 radical (unpaired) electrons. The lowest BCUT2D eigenvalue weighted by molar-refractivity contribution is 0.107. The average molecular weight is 273 g/mol. The van der Waals surface area contributed by atoms with Gasteiger partial charge in [-0.25, -0.2) is 0 Å². The molecular formula is C10H25ClO4Si. The van der Waals surface area contributed by atoms with Crippen LogP contribution in [-0.4, -0.2) is 46.9 Å². The molecule has 0 aromatic rings. The van der Waals surface area contributed by atoms with Crippen LogP contribution in [0.5, 0.6) is 0 Å². The highest BCUT2D eigenvalue weighted by Gasteiger charge is 2.11. The number of hydrogen-bond donors (Lipinski definition) is 1. The molecule has 0 atom stereocenters. The lowest BCUT2D eigenvalue weighted by Crippen LogP contribution is -2.27. The van der Waals surface area contributed by atoms with E-state index in [9.17, 15) is 0 Å². The summed E-state index contributed by atoms with van der Waals surface area (Å²) in [5.74, 6) is 0.667. The fourth-order valence-corrected chi connectivity index (χ4v) is 2.05. The second-order valence-corrected chi connectivity index (χ2v) is 4.73. The zero-order chi connectivity index (χ0) is 12.6. The molecule has 0 heterocycles. The molecule has 0 aliphatic carbocycles. The van der Waals surface area contributed by atoms with E-state index in [-0.39, 0.29) is 6.61 Å². The Morgan fingerprint density at radius 1 is 0.938 bits per heavy atom. The van der Waals surface area contributed by atoms with Gasteiger partial charge in [0.25, 0.3) is 0 Å². The Bertz CT molecular complexity index is 101. The smallest absolute Gasteiger partial charge is 0.396 e. The molecule has 0 amide bonds. The van der Waals surface area contributed by atoms with Crippen LogP contribution in [0.25, 0.3) is 0 Å². The summed E-state index contributed by atoms with van der Waals surface area (Å²) in [6.45, 7) is 8.13. The van der Waals surface area contributed by atoms with Gasteiger partial charge in [-0.3, -0.25) is 0 Å². The van der Waals surface area contributed by atoms with Crippen molar-refractivity contribution in [1.29, 1.82) is 0 Å². The Labute approximate surface area is 106 Å². The SMILES string of the molecule is CCO[SiH](OCC)OCC.OCCCCCl. The van der Waals surface area contributed by atoms with E-state index in [1.165, 1.54) is 0 Å². The van der Waals surface area contributed by atoms with Crippen molar-refractivity contribution in [3.05, 3.63) is 0 Å². The highest BCUT2D eigenvalue weighted by atomic mass is 35.5. The van der Waals surface area contributed by atoms with Crippen LogP contribution in [-0.2, 0) is 13.3 Å². The summed E-state index contributed by atoms with van der Waals surface area (Å²) in [5.41, 5.74) is 0. The summed E-state index contributed by atoms with van der Waals surface area (Å²) in [7, 11) is -1.73. The van der Waals surface area contributed by atoms with Crippen LogP contribution in [0.15, 0.2) is 0 Å². The number of hydrogen-bond acceptors (Lipinski definition) is 4. The molecule has 16 heavy (non-hydrogen) atoms. The predicted molar refractivity (Wildman–Crippen MR) is 69.1 cm³/mol. The van der Waals surface area contributed by atoms with Crippen LogP contribution in [0.1, 0.15) is 33.6 Å². The Morgan fingerprint density at radius 3 is 1.56 bits per heavy atom. The maximum atomic E-state index is 8.14. The molecular weight excluding hydrogens is 248 g/mol. The molecule has 1 N–H and O–H groups in total. The van der Waals surface area contributed by atoms with E-state index in [1.807, 2.05) is 20.8 Å². The Kier molecular flexibility index (Phi) is 20.7. The standard InChI is InChI=1S/C6H16O3Si.C4H9ClO/c1-4-7-10(8-5-2)9-6-3;5-3-1-2-4-6/h10H,4-6H2,1-3H3;6H,1-4H2. The van der Waals surface area contributed by atoms with E-state index in [1.54, 1.807) is 0 Å². The van der Waals surface area contributed by atoms with Gasteiger partial charge >= 0.3 is 9.53 Å². The number of aliphatic hydroxyl groups is 1. The molecule has 0 aromatic heterocycles. The number of alkyl halides is 1. The fourth-order valence-electron chi connectivity index (χ4n) is 0.759. The lowest BCUT2D eigenvalue weighted by Gasteiger charge is -2.12. The first-order valence-electron chi connectivity index (χ1n) is 5.78. The minimum absolute atomic E-state index is 0.271. The summed E-state index contributed by atoms with van der Waals surface area (Å²) in [5, 5.41) is 8.14. The van der Waals surface area contributed by atoms with Gasteiger partial charge < -0.3 is 18.4 Å². The number of halogens is 1. The van der Waals surface area contributed by atoms with Gasteiger partial charge in [0.1, 0.15) is 0 Å². The summed E-state index contributed by atoms with van der Waals surface area (Å²) in [6.07, 6.45) is 1.77. The van der Waals surface area contributed by atoms with E-state index in [4.69, 9.17) is 30.0 Å². The Morgan fingerprint density at radius 2 is 1.38 bits per heavy atom. The molecule has 100 valence electrons. The first kappa shape index (κ1) is 18.7. The Balaban J connectivity index is 0. The van der Waals surface area contributed by atoms with Crippen molar-refractivity contribution in [2.24, 2.45) is 0 Å². The first-order valence-corrected chi connectivity index (χ1v) is 7.73. The second kappa shape index (κ2) is 17.7. The van der Waals surface area contributed by atoms with Gasteiger partial charge in [0, 0.05) is 32.3 Å². The van der Waals surface area contributed by atoms with Gasteiger partial charge in [-0.05, 0) is 33.6 Å². The highest BCUT2D eigenvalue weighted by Crippen LogP contribution is 1.91. The molecule has 0 unspecified atom stereocenters. The third-order valence-electron chi connectivity index (χ3n) is 1.45. The summed E-state index contributed by atoms with van der Waals surface area (Å²) < 4.78 is 15.7. The number of unbranched alkanes of at least 4 members (excludes halogenated alkanes) is 1. The van der Waals surface area contributed by atoms with Crippen molar-refractivity contribution in [1.82, 2.24) is 0 Å². The van der Waals surface area contributed by atoms with Gasteiger partial charge in [0.05, 0.1) is 0 Å². The molecule has 0 aliphatic rings. The largest absolute Gasteiger partial charge is 0.484 e. The van der Waals surface area contributed by atoms with Crippen LogP contribution in [0.4, 0.5) is 0 Å². The lowest BCUT2D eigenvalue weighted by atomic mass is 10.4. The molecule has 0 aromatic carbocycles. The summed E-state index contributed by atoms with van der Waals surface area (Å²) in [6, 6.07) is 0. The van der Waals surface area contributed by atoms with Gasteiger partial charge in [-0.2, -0.15) is 0 Å². The fraction of sp³-hybridized carbons (Fsp3) is 1.00. The van der Waals surface area contributed by atoms with Crippen molar-refractivity contribution in [2.45, 2.75) is 33.6 Å². The van der Waals surface area contributed by atoms with E-state index in [0.29, 0.717) is 25.7 Å². The third kappa shape index (κ3) is 16.8. The summed E-state index contributed by atoms with van der Waals surface area (Å²) >= 11 is 5.27. The molecule has 0 fully saturated rings. The van der Waals surface area contributed by atoms with E-state index >= 15 is 0 Å². The van der Waals surface area contributed by atoms with Crippen LogP contribution in [0.3, 0.4) is 0 Å². The quantitative estimate of drug-likeness (QED) is 0.395. The van der Waals surface area contributed by atoms with E-state index in [2.05, 4.69) is 0 Å². The minimum atomic E-state index is -1.73. The van der Waals surface area contributed by atoms with Crippen LogP contribution >= 0.6 is 11.6 Å². The summed E-state index contributed by atoms with van der Waals surface area (Å²) in [4.78, 5) is 0. The van der Waals surface area contributed by atoms with Gasteiger partial charge in [-0.1, -0.05) is 0 Å². The molecule has 0 spiro atoms. The second-order valence-electron chi connectivity index (χ2n) is 2.77. The topological polar surface area (TPSA) is 47.9 Å². The monoisotopic (exact) mass is 272 g/mol. The van der Waals surface area contributed by atoms with Crippen molar-refractivity contribution >= 4 is 21.1 Å². The Hall–Kier alpha value is 0.347. The van der Waals surface area contributed by atoms with E-state index in [0.717, 1.165) is 12.8 Å². The van der Waals surface area contributed by atoms with Gasteiger partial charge in [0.2, 0.25) is 0 Å². The van der Waals surface area contributed by atoms with Crippen molar-refractivity contribution < 1.29 is 18.4 Å². The van der Waals surface area contributed by atoms with Gasteiger partial charge in [0.15, 0.2) is 0 Å². The van der Waals surface area contributed by atoms with Crippen molar-refractivity contribution in [3.63, 3.8) is 0 Å². The third-order valence-corrected chi connectivity index (χ3v) is 3.53.